The van der Waals surface area contributed by atoms with Crippen molar-refractivity contribution in [3.8, 4) is 0 Å². The topological polar surface area (TPSA) is 68.0 Å². The van der Waals surface area contributed by atoms with Crippen LogP contribution >= 0.6 is 0 Å². The number of fused-ring (bicyclic) bond motifs is 3. The highest BCUT2D eigenvalue weighted by atomic mass is 15.5. The molecule has 4 aliphatic carbocycles. The molecule has 0 unspecified atom stereocenters. The van der Waals surface area contributed by atoms with Gasteiger partial charge in [-0.2, -0.15) is 4.52 Å². The molecular formula is C20H24N6. The average Bonchev–Trinajstić information content (AvgIpc) is 3.11. The summed E-state index contributed by atoms with van der Waals surface area (Å²) in [4.78, 5) is 4.87. The molecular weight excluding hydrogens is 324 g/mol. The van der Waals surface area contributed by atoms with Gasteiger partial charge in [0.05, 0.1) is 11.0 Å². The Morgan fingerprint density at radius 2 is 1.77 bits per heavy atom. The van der Waals surface area contributed by atoms with Crippen LogP contribution < -0.4 is 5.32 Å². The van der Waals surface area contributed by atoms with Gasteiger partial charge in [-0.05, 0) is 91.2 Å². The average molecular weight is 348 g/mol. The minimum absolute atomic E-state index is 0.394. The van der Waals surface area contributed by atoms with Crippen LogP contribution in [0.4, 0.5) is 5.82 Å². The van der Waals surface area contributed by atoms with Crippen LogP contribution in [0.15, 0.2) is 24.3 Å². The van der Waals surface area contributed by atoms with E-state index in [1.165, 1.54) is 38.5 Å². The molecule has 134 valence electrons. The molecule has 3 aromatic rings. The lowest BCUT2D eigenvalue weighted by Crippen LogP contribution is -2.53. The van der Waals surface area contributed by atoms with Crippen molar-refractivity contribution in [1.29, 1.82) is 0 Å². The normalized spacial score (nSPS) is 33.8. The second-order valence-corrected chi connectivity index (χ2v) is 9.01. The fourth-order valence-electron chi connectivity index (χ4n) is 6.57. The quantitative estimate of drug-likeness (QED) is 0.782. The molecule has 0 radical (unpaired) electrons. The van der Waals surface area contributed by atoms with E-state index in [0.717, 1.165) is 40.3 Å². The Morgan fingerprint density at radius 1 is 1.08 bits per heavy atom. The smallest absolute Gasteiger partial charge is 0.222 e. The second-order valence-electron chi connectivity index (χ2n) is 9.01. The summed E-state index contributed by atoms with van der Waals surface area (Å²) < 4.78 is 1.80. The van der Waals surface area contributed by atoms with E-state index in [9.17, 15) is 0 Å². The van der Waals surface area contributed by atoms with Crippen molar-refractivity contribution in [1.82, 2.24) is 25.0 Å². The first-order valence-corrected chi connectivity index (χ1v) is 9.93. The lowest BCUT2D eigenvalue weighted by atomic mass is 9.48. The summed E-state index contributed by atoms with van der Waals surface area (Å²) in [6.07, 6.45) is 8.54. The molecule has 7 rings (SSSR count). The van der Waals surface area contributed by atoms with Crippen LogP contribution in [0.1, 0.15) is 45.4 Å². The van der Waals surface area contributed by atoms with Gasteiger partial charge >= 0.3 is 0 Å². The molecule has 4 aliphatic rings. The van der Waals surface area contributed by atoms with Gasteiger partial charge in [-0.15, -0.1) is 5.10 Å². The predicted octanol–water partition coefficient (Wildman–Crippen LogP) is 3.69. The maximum absolute atomic E-state index is 4.87. The third kappa shape index (κ3) is 2.04. The number of nitrogens with zero attached hydrogens (tertiary/aromatic N) is 5. The molecule has 6 heteroatoms. The minimum atomic E-state index is 0.394. The Balaban J connectivity index is 1.39. The lowest BCUT2D eigenvalue weighted by Gasteiger charge is -2.59. The Hall–Kier alpha value is -2.24. The van der Waals surface area contributed by atoms with Gasteiger partial charge in [0.25, 0.3) is 0 Å². The number of hydrogen-bond donors (Lipinski definition) is 1. The predicted molar refractivity (Wildman–Crippen MR) is 99.8 cm³/mol. The van der Waals surface area contributed by atoms with Crippen molar-refractivity contribution in [2.24, 2.45) is 23.2 Å². The Bertz CT molecular complexity index is 957. The van der Waals surface area contributed by atoms with Gasteiger partial charge in [0.2, 0.25) is 5.65 Å². The number of rotatable bonds is 3. The summed E-state index contributed by atoms with van der Waals surface area (Å²) in [5.74, 6) is 3.66. The van der Waals surface area contributed by atoms with Gasteiger partial charge in [0, 0.05) is 6.04 Å². The van der Waals surface area contributed by atoms with Crippen molar-refractivity contribution in [3.63, 3.8) is 0 Å². The van der Waals surface area contributed by atoms with Crippen LogP contribution in [0.3, 0.4) is 0 Å². The van der Waals surface area contributed by atoms with Crippen LogP contribution in [0, 0.1) is 23.2 Å². The SMILES string of the molecule is C[C@@H](Nc1nc2ccccc2n2nnnc12)C12CC3CC(CC(C3)C1)C2. The van der Waals surface area contributed by atoms with E-state index in [2.05, 4.69) is 27.8 Å². The highest BCUT2D eigenvalue weighted by Gasteiger charge is 2.53. The third-order valence-electron chi connectivity index (χ3n) is 7.38. The molecule has 2 heterocycles. The summed E-state index contributed by atoms with van der Waals surface area (Å²) in [6, 6.07) is 8.44. The standard InChI is InChI=1S/C20H24N6/c1-12(20-9-13-6-14(10-20)8-15(7-13)11-20)21-18-19-23-24-25-26(19)17-5-3-2-4-16(17)22-18/h2-5,12-15H,6-11H2,1H3,(H,21,22)/t12-,13?,14?,15?,20?/m1/s1. The van der Waals surface area contributed by atoms with Crippen LogP contribution in [0.25, 0.3) is 16.7 Å². The van der Waals surface area contributed by atoms with Crippen molar-refractivity contribution in [2.45, 2.75) is 51.5 Å². The number of benzene rings is 1. The van der Waals surface area contributed by atoms with E-state index in [-0.39, 0.29) is 0 Å². The van der Waals surface area contributed by atoms with Gasteiger partial charge in [-0.3, -0.25) is 0 Å². The Kier molecular flexibility index (Phi) is 2.95. The maximum atomic E-state index is 4.87. The molecule has 1 aromatic carbocycles. The zero-order chi connectivity index (χ0) is 17.3. The zero-order valence-corrected chi connectivity index (χ0v) is 15.1. The van der Waals surface area contributed by atoms with Crippen molar-refractivity contribution in [2.75, 3.05) is 5.32 Å². The van der Waals surface area contributed by atoms with E-state index in [1.54, 1.807) is 4.52 Å². The van der Waals surface area contributed by atoms with Gasteiger partial charge in [0.15, 0.2) is 5.82 Å². The highest BCUT2D eigenvalue weighted by molar-refractivity contribution is 5.81. The molecule has 0 aliphatic heterocycles. The summed E-state index contributed by atoms with van der Waals surface area (Å²) in [6.45, 7) is 2.35. The summed E-state index contributed by atoms with van der Waals surface area (Å²) >= 11 is 0. The molecule has 4 saturated carbocycles. The molecule has 0 saturated heterocycles. The molecule has 6 nitrogen and oxygen atoms in total. The molecule has 1 atom stereocenters. The first kappa shape index (κ1) is 14.9. The highest BCUT2D eigenvalue weighted by Crippen LogP contribution is 2.61. The van der Waals surface area contributed by atoms with Crippen LogP contribution in [0.2, 0.25) is 0 Å². The second kappa shape index (κ2) is 5.15. The van der Waals surface area contributed by atoms with E-state index in [1.807, 2.05) is 24.3 Å². The number of para-hydroxylation sites is 2. The fraction of sp³-hybridized carbons (Fsp3) is 0.600. The van der Waals surface area contributed by atoms with Crippen molar-refractivity contribution < 1.29 is 0 Å². The summed E-state index contributed by atoms with van der Waals surface area (Å²) in [7, 11) is 0. The zero-order valence-electron chi connectivity index (χ0n) is 15.1. The van der Waals surface area contributed by atoms with Crippen molar-refractivity contribution >= 4 is 22.5 Å². The van der Waals surface area contributed by atoms with E-state index in [4.69, 9.17) is 4.98 Å². The molecule has 4 fully saturated rings. The van der Waals surface area contributed by atoms with Gasteiger partial charge in [0.1, 0.15) is 0 Å². The maximum Gasteiger partial charge on any atom is 0.222 e. The summed E-state index contributed by atoms with van der Waals surface area (Å²) in [5.41, 5.74) is 3.01. The lowest BCUT2D eigenvalue weighted by molar-refractivity contribution is -0.0602. The number of tetrazole rings is 1. The number of anilines is 1. The van der Waals surface area contributed by atoms with Crippen LogP contribution in [-0.2, 0) is 0 Å². The van der Waals surface area contributed by atoms with E-state index >= 15 is 0 Å². The van der Waals surface area contributed by atoms with Gasteiger partial charge in [-0.25, -0.2) is 4.98 Å². The molecule has 2 aromatic heterocycles. The number of hydrogen-bond acceptors (Lipinski definition) is 5. The van der Waals surface area contributed by atoms with E-state index in [0.29, 0.717) is 11.5 Å². The van der Waals surface area contributed by atoms with Crippen LogP contribution in [-0.4, -0.2) is 31.1 Å². The van der Waals surface area contributed by atoms with E-state index < -0.39 is 0 Å². The number of nitrogens with one attached hydrogen (secondary N) is 1. The van der Waals surface area contributed by atoms with Crippen LogP contribution in [0.5, 0.6) is 0 Å². The number of aromatic nitrogens is 5. The Morgan fingerprint density at radius 3 is 2.50 bits per heavy atom. The fourth-order valence-corrected chi connectivity index (χ4v) is 6.57. The Labute approximate surface area is 152 Å². The molecule has 4 bridgehead atoms. The third-order valence-corrected chi connectivity index (χ3v) is 7.38. The molecule has 1 N–H and O–H groups in total. The molecule has 0 amide bonds. The summed E-state index contributed by atoms with van der Waals surface area (Å²) in [5, 5.41) is 16.1. The van der Waals surface area contributed by atoms with Crippen molar-refractivity contribution in [3.05, 3.63) is 24.3 Å². The monoisotopic (exact) mass is 348 g/mol. The van der Waals surface area contributed by atoms with Gasteiger partial charge in [-0.1, -0.05) is 12.1 Å². The molecule has 0 spiro atoms. The largest absolute Gasteiger partial charge is 0.364 e. The first-order valence-electron chi connectivity index (χ1n) is 9.93. The minimum Gasteiger partial charge on any atom is -0.364 e. The van der Waals surface area contributed by atoms with Gasteiger partial charge < -0.3 is 5.32 Å². The molecule has 26 heavy (non-hydrogen) atoms. The first-order chi connectivity index (χ1) is 12.7.